The van der Waals surface area contributed by atoms with E-state index < -0.39 is 0 Å². The van der Waals surface area contributed by atoms with E-state index >= 15 is 0 Å². The predicted molar refractivity (Wildman–Crippen MR) is 60.6 cm³/mol. The van der Waals surface area contributed by atoms with E-state index in [-0.39, 0.29) is 0 Å². The maximum Gasteiger partial charge on any atom is 0.0853 e. The molecule has 0 fully saturated rings. The van der Waals surface area contributed by atoms with Crippen molar-refractivity contribution in [3.05, 3.63) is 11.9 Å². The number of nitrogens with zero attached hydrogens (tertiary/aromatic N) is 2. The molecule has 0 atom stereocenters. The first-order valence-electron chi connectivity index (χ1n) is 5.50. The van der Waals surface area contributed by atoms with Gasteiger partial charge in [-0.05, 0) is 19.3 Å². The van der Waals surface area contributed by atoms with E-state index in [9.17, 15) is 0 Å². The van der Waals surface area contributed by atoms with Gasteiger partial charge in [-0.25, -0.2) is 0 Å². The van der Waals surface area contributed by atoms with Crippen molar-refractivity contribution in [3.8, 4) is 0 Å². The molecule has 80 valence electrons. The maximum atomic E-state index is 4.40. The Morgan fingerprint density at radius 3 is 2.50 bits per heavy atom. The average Bonchev–Trinajstić information content (AvgIpc) is 2.55. The standard InChI is InChI=1S/C11H21N3/c1-5-9(6-2)12-11-8-14(4)13-10(11)7-3/h8-9,12H,5-7H2,1-4H3. The second-order valence-electron chi connectivity index (χ2n) is 3.67. The smallest absolute Gasteiger partial charge is 0.0853 e. The summed E-state index contributed by atoms with van der Waals surface area (Å²) in [5, 5.41) is 7.94. The lowest BCUT2D eigenvalue weighted by molar-refractivity contribution is 0.670. The van der Waals surface area contributed by atoms with Gasteiger partial charge in [0, 0.05) is 19.3 Å². The number of hydrogen-bond donors (Lipinski definition) is 1. The fraction of sp³-hybridized carbons (Fsp3) is 0.727. The van der Waals surface area contributed by atoms with E-state index in [1.165, 1.54) is 11.4 Å². The quantitative estimate of drug-likeness (QED) is 0.782. The van der Waals surface area contributed by atoms with Gasteiger partial charge in [-0.3, -0.25) is 4.68 Å². The number of aromatic nitrogens is 2. The van der Waals surface area contributed by atoms with Crippen LogP contribution in [0, 0.1) is 0 Å². The molecule has 3 heteroatoms. The van der Waals surface area contributed by atoms with Gasteiger partial charge in [0.1, 0.15) is 0 Å². The second-order valence-corrected chi connectivity index (χ2v) is 3.67. The molecule has 1 heterocycles. The molecule has 0 radical (unpaired) electrons. The summed E-state index contributed by atoms with van der Waals surface area (Å²) in [4.78, 5) is 0. The zero-order chi connectivity index (χ0) is 10.6. The third-order valence-corrected chi connectivity index (χ3v) is 2.59. The lowest BCUT2D eigenvalue weighted by Gasteiger charge is -2.15. The molecule has 3 nitrogen and oxygen atoms in total. The first-order chi connectivity index (χ1) is 6.71. The third kappa shape index (κ3) is 2.50. The summed E-state index contributed by atoms with van der Waals surface area (Å²) in [5.74, 6) is 0. The first-order valence-corrected chi connectivity index (χ1v) is 5.50. The highest BCUT2D eigenvalue weighted by Crippen LogP contribution is 2.16. The number of nitrogens with one attached hydrogen (secondary N) is 1. The number of rotatable bonds is 5. The second kappa shape index (κ2) is 5.03. The highest BCUT2D eigenvalue weighted by atomic mass is 15.3. The van der Waals surface area contributed by atoms with Crippen LogP contribution in [0.25, 0.3) is 0 Å². The zero-order valence-corrected chi connectivity index (χ0v) is 9.67. The SMILES string of the molecule is CCc1nn(C)cc1NC(CC)CC. The summed E-state index contributed by atoms with van der Waals surface area (Å²) in [7, 11) is 1.97. The van der Waals surface area contributed by atoms with E-state index in [0.717, 1.165) is 19.3 Å². The summed E-state index contributed by atoms with van der Waals surface area (Å²) >= 11 is 0. The van der Waals surface area contributed by atoms with Gasteiger partial charge in [0.15, 0.2) is 0 Å². The molecule has 14 heavy (non-hydrogen) atoms. The minimum atomic E-state index is 0.574. The Hall–Kier alpha value is -0.990. The van der Waals surface area contributed by atoms with Gasteiger partial charge in [0.25, 0.3) is 0 Å². The van der Waals surface area contributed by atoms with Gasteiger partial charge in [-0.15, -0.1) is 0 Å². The summed E-state index contributed by atoms with van der Waals surface area (Å²) < 4.78 is 1.88. The van der Waals surface area contributed by atoms with Crippen molar-refractivity contribution in [2.45, 2.75) is 46.1 Å². The predicted octanol–water partition coefficient (Wildman–Crippen LogP) is 2.58. The fourth-order valence-electron chi connectivity index (χ4n) is 1.63. The van der Waals surface area contributed by atoms with Gasteiger partial charge >= 0.3 is 0 Å². The lowest BCUT2D eigenvalue weighted by atomic mass is 10.1. The van der Waals surface area contributed by atoms with Crippen LogP contribution >= 0.6 is 0 Å². The van der Waals surface area contributed by atoms with Gasteiger partial charge in [0.2, 0.25) is 0 Å². The monoisotopic (exact) mass is 195 g/mol. The molecule has 1 N–H and O–H groups in total. The molecular weight excluding hydrogens is 174 g/mol. The average molecular weight is 195 g/mol. The molecule has 0 amide bonds. The Bertz CT molecular complexity index is 274. The summed E-state index contributed by atoms with van der Waals surface area (Å²) in [6.45, 7) is 6.56. The van der Waals surface area contributed by atoms with Crippen LogP contribution in [0.3, 0.4) is 0 Å². The van der Waals surface area contributed by atoms with Crippen LogP contribution in [0.2, 0.25) is 0 Å². The Morgan fingerprint density at radius 2 is 2.00 bits per heavy atom. The first kappa shape index (κ1) is 11.1. The molecule has 0 aromatic carbocycles. The molecule has 1 aromatic heterocycles. The highest BCUT2D eigenvalue weighted by Gasteiger charge is 2.09. The van der Waals surface area contributed by atoms with Gasteiger partial charge in [-0.1, -0.05) is 20.8 Å². The zero-order valence-electron chi connectivity index (χ0n) is 9.67. The summed E-state index contributed by atoms with van der Waals surface area (Å²) in [6, 6.07) is 0.574. The molecule has 0 bridgehead atoms. The maximum absolute atomic E-state index is 4.40. The van der Waals surface area contributed by atoms with Crippen molar-refractivity contribution in [2.75, 3.05) is 5.32 Å². The van der Waals surface area contributed by atoms with Crippen LogP contribution in [0.15, 0.2) is 6.20 Å². The Kier molecular flexibility index (Phi) is 3.98. The van der Waals surface area contributed by atoms with Crippen molar-refractivity contribution in [3.63, 3.8) is 0 Å². The lowest BCUT2D eigenvalue weighted by Crippen LogP contribution is -2.17. The summed E-state index contributed by atoms with van der Waals surface area (Å²) in [5.41, 5.74) is 2.36. The Balaban J connectivity index is 2.73. The van der Waals surface area contributed by atoms with E-state index in [1.54, 1.807) is 0 Å². The van der Waals surface area contributed by atoms with Crippen LogP contribution < -0.4 is 5.32 Å². The topological polar surface area (TPSA) is 29.9 Å². The Morgan fingerprint density at radius 1 is 1.36 bits per heavy atom. The number of anilines is 1. The van der Waals surface area contributed by atoms with Crippen molar-refractivity contribution in [2.24, 2.45) is 7.05 Å². The molecule has 0 saturated carbocycles. The van der Waals surface area contributed by atoms with Crippen molar-refractivity contribution >= 4 is 5.69 Å². The van der Waals surface area contributed by atoms with Crippen LogP contribution in [-0.2, 0) is 13.5 Å². The molecule has 0 spiro atoms. The largest absolute Gasteiger partial charge is 0.380 e. The van der Waals surface area contributed by atoms with Crippen LogP contribution in [-0.4, -0.2) is 15.8 Å². The van der Waals surface area contributed by atoms with Crippen LogP contribution in [0.5, 0.6) is 0 Å². The molecule has 0 saturated heterocycles. The van der Waals surface area contributed by atoms with Gasteiger partial charge in [-0.2, -0.15) is 5.10 Å². The van der Waals surface area contributed by atoms with E-state index in [2.05, 4.69) is 37.4 Å². The molecular formula is C11H21N3. The normalized spacial score (nSPS) is 10.9. The molecule has 0 unspecified atom stereocenters. The molecule has 0 aliphatic carbocycles. The molecule has 1 rings (SSSR count). The summed E-state index contributed by atoms with van der Waals surface area (Å²) in [6.07, 6.45) is 5.38. The minimum Gasteiger partial charge on any atom is -0.380 e. The van der Waals surface area contributed by atoms with Crippen molar-refractivity contribution in [1.29, 1.82) is 0 Å². The minimum absolute atomic E-state index is 0.574. The molecule has 1 aromatic rings. The van der Waals surface area contributed by atoms with E-state index in [1.807, 2.05) is 11.7 Å². The van der Waals surface area contributed by atoms with Gasteiger partial charge < -0.3 is 5.32 Å². The molecule has 0 aliphatic heterocycles. The Labute approximate surface area is 86.5 Å². The fourth-order valence-corrected chi connectivity index (χ4v) is 1.63. The number of hydrogen-bond acceptors (Lipinski definition) is 2. The highest BCUT2D eigenvalue weighted by molar-refractivity contribution is 5.47. The van der Waals surface area contributed by atoms with E-state index in [4.69, 9.17) is 0 Å². The van der Waals surface area contributed by atoms with Crippen molar-refractivity contribution < 1.29 is 0 Å². The number of aryl methyl sites for hydroxylation is 2. The van der Waals surface area contributed by atoms with E-state index in [0.29, 0.717) is 6.04 Å². The third-order valence-electron chi connectivity index (χ3n) is 2.59. The van der Waals surface area contributed by atoms with Crippen LogP contribution in [0.1, 0.15) is 39.3 Å². The molecule has 0 aliphatic rings. The van der Waals surface area contributed by atoms with Gasteiger partial charge in [0.05, 0.1) is 11.4 Å². The van der Waals surface area contributed by atoms with Crippen LogP contribution in [0.4, 0.5) is 5.69 Å². The van der Waals surface area contributed by atoms with Crippen molar-refractivity contribution in [1.82, 2.24) is 9.78 Å².